The number of hydrogen-bond donors (Lipinski definition) is 1. The molecular formula is C14H23N3O2. The van der Waals surface area contributed by atoms with E-state index in [1.54, 1.807) is 0 Å². The van der Waals surface area contributed by atoms with Gasteiger partial charge in [0.25, 0.3) is 0 Å². The molecule has 0 aromatic carbocycles. The van der Waals surface area contributed by atoms with Crippen molar-refractivity contribution >= 4 is 0 Å². The Morgan fingerprint density at radius 3 is 2.42 bits per heavy atom. The molecule has 1 aromatic rings. The minimum atomic E-state index is -0.207. The fourth-order valence-corrected chi connectivity index (χ4v) is 2.46. The van der Waals surface area contributed by atoms with Gasteiger partial charge in [0.1, 0.15) is 12.9 Å². The number of aromatic nitrogens is 2. The summed E-state index contributed by atoms with van der Waals surface area (Å²) in [7, 11) is 0. The predicted molar refractivity (Wildman–Crippen MR) is 73.4 cm³/mol. The molecule has 0 saturated heterocycles. The minimum absolute atomic E-state index is 0.207. The van der Waals surface area contributed by atoms with Gasteiger partial charge in [-0.15, -0.1) is 0 Å². The highest BCUT2D eigenvalue weighted by molar-refractivity contribution is 5.32. The maximum Gasteiger partial charge on any atom is 0.223 e. The molecule has 0 atom stereocenters. The van der Waals surface area contributed by atoms with E-state index in [2.05, 4.69) is 9.97 Å². The summed E-state index contributed by atoms with van der Waals surface area (Å²) in [6, 6.07) is 0. The van der Waals surface area contributed by atoms with Gasteiger partial charge in [-0.3, -0.25) is 0 Å². The molecule has 0 bridgehead atoms. The second-order valence-electron chi connectivity index (χ2n) is 5.25. The van der Waals surface area contributed by atoms with Crippen LogP contribution in [0, 0.1) is 6.92 Å². The molecule has 106 valence electrons. The van der Waals surface area contributed by atoms with Gasteiger partial charge in [0.2, 0.25) is 11.8 Å². The van der Waals surface area contributed by atoms with Crippen LogP contribution < -0.4 is 15.2 Å². The summed E-state index contributed by atoms with van der Waals surface area (Å²) < 4.78 is 11.2. The molecule has 1 aliphatic carbocycles. The van der Waals surface area contributed by atoms with Gasteiger partial charge in [-0.25, -0.2) is 9.97 Å². The van der Waals surface area contributed by atoms with Gasteiger partial charge in [-0.05, 0) is 26.7 Å². The molecule has 1 aromatic heterocycles. The first-order valence-corrected chi connectivity index (χ1v) is 7.01. The first-order chi connectivity index (χ1) is 9.14. The third-order valence-corrected chi connectivity index (χ3v) is 3.62. The van der Waals surface area contributed by atoms with Crippen molar-refractivity contribution in [3.8, 4) is 11.8 Å². The van der Waals surface area contributed by atoms with Crippen LogP contribution in [-0.2, 0) is 0 Å². The van der Waals surface area contributed by atoms with E-state index in [0.717, 1.165) is 18.4 Å². The number of ether oxygens (including phenoxy) is 2. The van der Waals surface area contributed by atoms with Crippen molar-refractivity contribution in [2.24, 2.45) is 5.73 Å². The molecule has 1 heterocycles. The van der Waals surface area contributed by atoms with Crippen LogP contribution in [0.1, 0.15) is 44.6 Å². The van der Waals surface area contributed by atoms with Gasteiger partial charge in [0, 0.05) is 0 Å². The summed E-state index contributed by atoms with van der Waals surface area (Å²) in [5, 5.41) is 0. The zero-order valence-electron chi connectivity index (χ0n) is 11.8. The lowest BCUT2D eigenvalue weighted by Crippen LogP contribution is -2.47. The zero-order valence-corrected chi connectivity index (χ0v) is 11.8. The van der Waals surface area contributed by atoms with Crippen molar-refractivity contribution in [3.63, 3.8) is 0 Å². The maximum atomic E-state index is 6.35. The number of nitrogens with zero attached hydrogens (tertiary/aromatic N) is 2. The lowest BCUT2D eigenvalue weighted by Gasteiger charge is -2.32. The quantitative estimate of drug-likeness (QED) is 0.884. The molecule has 19 heavy (non-hydrogen) atoms. The van der Waals surface area contributed by atoms with Gasteiger partial charge in [-0.2, -0.15) is 0 Å². The fourth-order valence-electron chi connectivity index (χ4n) is 2.46. The smallest absolute Gasteiger partial charge is 0.223 e. The third kappa shape index (κ3) is 3.56. The number of hydrogen-bond acceptors (Lipinski definition) is 5. The van der Waals surface area contributed by atoms with Gasteiger partial charge >= 0.3 is 0 Å². The molecule has 2 rings (SSSR count). The van der Waals surface area contributed by atoms with Crippen LogP contribution in [0.3, 0.4) is 0 Å². The molecule has 1 aliphatic rings. The molecule has 1 fully saturated rings. The van der Waals surface area contributed by atoms with E-state index in [9.17, 15) is 0 Å². The molecule has 0 aliphatic heterocycles. The first kappa shape index (κ1) is 14.1. The van der Waals surface area contributed by atoms with E-state index in [4.69, 9.17) is 15.2 Å². The highest BCUT2D eigenvalue weighted by atomic mass is 16.5. The molecule has 5 nitrogen and oxygen atoms in total. The Morgan fingerprint density at radius 1 is 1.16 bits per heavy atom. The maximum absolute atomic E-state index is 6.35. The van der Waals surface area contributed by atoms with Crippen molar-refractivity contribution in [1.29, 1.82) is 0 Å². The average molecular weight is 265 g/mol. The summed E-state index contributed by atoms with van der Waals surface area (Å²) in [5.41, 5.74) is 6.98. The van der Waals surface area contributed by atoms with Crippen LogP contribution in [0.4, 0.5) is 0 Å². The molecule has 0 radical (unpaired) electrons. The van der Waals surface area contributed by atoms with Crippen molar-refractivity contribution in [2.45, 2.75) is 51.5 Å². The highest BCUT2D eigenvalue weighted by Gasteiger charge is 2.28. The fraction of sp³-hybridized carbons (Fsp3) is 0.714. The van der Waals surface area contributed by atoms with Crippen molar-refractivity contribution in [2.75, 3.05) is 13.2 Å². The Bertz CT molecular complexity index is 417. The molecule has 1 saturated carbocycles. The summed E-state index contributed by atoms with van der Waals surface area (Å²) in [6.45, 7) is 4.93. The molecule has 5 heteroatoms. The van der Waals surface area contributed by atoms with E-state index in [-0.39, 0.29) is 5.54 Å². The highest BCUT2D eigenvalue weighted by Crippen LogP contribution is 2.28. The Labute approximate surface area is 114 Å². The van der Waals surface area contributed by atoms with E-state index in [1.165, 1.54) is 25.6 Å². The molecule has 0 spiro atoms. The van der Waals surface area contributed by atoms with E-state index in [1.807, 2.05) is 13.8 Å². The molecule has 0 amide bonds. The van der Waals surface area contributed by atoms with Crippen LogP contribution in [0.5, 0.6) is 11.8 Å². The Kier molecular flexibility index (Phi) is 4.58. The van der Waals surface area contributed by atoms with Gasteiger partial charge in [0.15, 0.2) is 0 Å². The van der Waals surface area contributed by atoms with Crippen molar-refractivity contribution in [1.82, 2.24) is 9.97 Å². The summed E-state index contributed by atoms with van der Waals surface area (Å²) >= 11 is 0. The topological polar surface area (TPSA) is 70.3 Å². The normalized spacial score (nSPS) is 18.1. The standard InChI is InChI=1S/C14H23N3O2/c1-3-18-12-11(2)13(17-10-16-12)19-9-14(15)7-5-4-6-8-14/h10H,3-9,15H2,1-2H3. The van der Waals surface area contributed by atoms with Gasteiger partial charge in [0.05, 0.1) is 17.7 Å². The lowest BCUT2D eigenvalue weighted by atomic mass is 9.83. The van der Waals surface area contributed by atoms with Crippen molar-refractivity contribution < 1.29 is 9.47 Å². The van der Waals surface area contributed by atoms with E-state index >= 15 is 0 Å². The first-order valence-electron chi connectivity index (χ1n) is 7.01. The van der Waals surface area contributed by atoms with Crippen LogP contribution >= 0.6 is 0 Å². The Morgan fingerprint density at radius 2 is 1.79 bits per heavy atom. The van der Waals surface area contributed by atoms with E-state index < -0.39 is 0 Å². The molecule has 0 unspecified atom stereocenters. The second-order valence-corrected chi connectivity index (χ2v) is 5.25. The Hall–Kier alpha value is -1.36. The second kappa shape index (κ2) is 6.19. The SMILES string of the molecule is CCOc1ncnc(OCC2(N)CCCCC2)c1C. The third-order valence-electron chi connectivity index (χ3n) is 3.62. The lowest BCUT2D eigenvalue weighted by molar-refractivity contribution is 0.167. The average Bonchev–Trinajstić information content (AvgIpc) is 2.41. The summed E-state index contributed by atoms with van der Waals surface area (Å²) in [5.74, 6) is 1.16. The Balaban J connectivity index is 2.00. The molecular weight excluding hydrogens is 242 g/mol. The van der Waals surface area contributed by atoms with Crippen LogP contribution in [0.2, 0.25) is 0 Å². The van der Waals surface area contributed by atoms with Crippen molar-refractivity contribution in [3.05, 3.63) is 11.9 Å². The summed E-state index contributed by atoms with van der Waals surface area (Å²) in [6.07, 6.45) is 7.17. The summed E-state index contributed by atoms with van der Waals surface area (Å²) in [4.78, 5) is 8.26. The van der Waals surface area contributed by atoms with Crippen LogP contribution in [0.15, 0.2) is 6.33 Å². The van der Waals surface area contributed by atoms with Crippen LogP contribution in [-0.4, -0.2) is 28.7 Å². The van der Waals surface area contributed by atoms with Gasteiger partial charge < -0.3 is 15.2 Å². The minimum Gasteiger partial charge on any atom is -0.478 e. The number of rotatable bonds is 5. The van der Waals surface area contributed by atoms with Gasteiger partial charge in [-0.1, -0.05) is 19.3 Å². The largest absolute Gasteiger partial charge is 0.478 e. The monoisotopic (exact) mass is 265 g/mol. The predicted octanol–water partition coefficient (Wildman–Crippen LogP) is 2.22. The van der Waals surface area contributed by atoms with Crippen LogP contribution in [0.25, 0.3) is 0 Å². The van der Waals surface area contributed by atoms with E-state index in [0.29, 0.717) is 25.0 Å². The molecule has 2 N–H and O–H groups in total. The zero-order chi connectivity index (χ0) is 13.7. The number of nitrogens with two attached hydrogens (primary N) is 1.